The van der Waals surface area contributed by atoms with Crippen molar-refractivity contribution in [2.24, 2.45) is 4.99 Å². The summed E-state index contributed by atoms with van der Waals surface area (Å²) in [5, 5.41) is 2.93. The van der Waals surface area contributed by atoms with E-state index in [1.807, 2.05) is 84.9 Å². The number of morpholine rings is 1. The van der Waals surface area contributed by atoms with Gasteiger partial charge in [0.25, 0.3) is 0 Å². The van der Waals surface area contributed by atoms with Gasteiger partial charge in [-0.25, -0.2) is 9.79 Å². The number of nitrogens with one attached hydrogen (secondary N) is 1. The molecule has 0 bridgehead atoms. The van der Waals surface area contributed by atoms with Crippen LogP contribution < -0.4 is 10.2 Å². The quantitative estimate of drug-likeness (QED) is 0.217. The Bertz CT molecular complexity index is 1770. The maximum absolute atomic E-state index is 13.9. The van der Waals surface area contributed by atoms with Crippen molar-refractivity contribution in [2.75, 3.05) is 43.6 Å². The van der Waals surface area contributed by atoms with Gasteiger partial charge in [-0.2, -0.15) is 0 Å². The van der Waals surface area contributed by atoms with E-state index in [-0.39, 0.29) is 18.4 Å². The van der Waals surface area contributed by atoms with E-state index < -0.39 is 17.4 Å². The van der Waals surface area contributed by atoms with Crippen LogP contribution in [-0.2, 0) is 32.2 Å². The van der Waals surface area contributed by atoms with Crippen molar-refractivity contribution < 1.29 is 23.9 Å². The molecule has 3 heterocycles. The number of benzene rings is 3. The number of carbonyl (C=O) groups excluding carboxylic acids is 3. The van der Waals surface area contributed by atoms with Gasteiger partial charge in [0.2, 0.25) is 11.8 Å². The molecular weight excluding hydrogens is 641 g/mol. The minimum absolute atomic E-state index is 0.0969. The maximum Gasteiger partial charge on any atom is 0.410 e. The summed E-state index contributed by atoms with van der Waals surface area (Å²) in [7, 11) is 1.53. The number of likely N-dealkylation sites (N-methyl/N-ethyl adjacent to an activating group) is 1. The van der Waals surface area contributed by atoms with Gasteiger partial charge in [0.05, 0.1) is 31.1 Å². The molecule has 0 aliphatic carbocycles. The molecule has 49 heavy (non-hydrogen) atoms. The first-order valence-electron chi connectivity index (χ1n) is 16.1. The number of ether oxygens (including phenoxy) is 2. The van der Waals surface area contributed by atoms with Crippen molar-refractivity contribution in [1.82, 2.24) is 14.8 Å². The van der Waals surface area contributed by atoms with Crippen molar-refractivity contribution in [2.45, 2.75) is 31.4 Å². The number of nitrogens with zero attached hydrogens (tertiary/aromatic N) is 5. The van der Waals surface area contributed by atoms with Crippen molar-refractivity contribution in [3.8, 4) is 0 Å². The number of thioether (sulfide) groups is 1. The smallest absolute Gasteiger partial charge is 0.410 e. The van der Waals surface area contributed by atoms with Gasteiger partial charge in [0.1, 0.15) is 17.9 Å². The number of pyridine rings is 1. The lowest BCUT2D eigenvalue weighted by Gasteiger charge is -2.28. The van der Waals surface area contributed by atoms with Gasteiger partial charge in [-0.1, -0.05) is 60.3 Å². The first-order chi connectivity index (χ1) is 23.9. The molecule has 0 spiro atoms. The standard InChI is InChI=1S/C37H38N6O5S/c1-26(41(2)37(46)48-25-27-8-4-3-5-9-27)34(44)39-29-13-11-28(12-14-29)33-35(45)43(24-31-10-6-7-19-38-31)36(49-33)40-30-15-17-32(18-16-30)42-20-22-47-23-21-42/h3-19,26,33H,20-25H2,1-2H3,(H,39,44)/t26-,33?/m1/s1. The van der Waals surface area contributed by atoms with Crippen LogP contribution in [0.5, 0.6) is 0 Å². The van der Waals surface area contributed by atoms with Crippen LogP contribution in [0.1, 0.15) is 29.0 Å². The van der Waals surface area contributed by atoms with Gasteiger partial charge in [-0.05, 0) is 66.6 Å². The number of hydrogen-bond acceptors (Lipinski definition) is 9. The highest BCUT2D eigenvalue weighted by Gasteiger charge is 2.39. The molecule has 1 aromatic heterocycles. The highest BCUT2D eigenvalue weighted by molar-refractivity contribution is 8.15. The topological polar surface area (TPSA) is 117 Å². The van der Waals surface area contributed by atoms with Crippen LogP contribution >= 0.6 is 11.8 Å². The van der Waals surface area contributed by atoms with Crippen LogP contribution in [-0.4, -0.2) is 77.3 Å². The molecule has 2 aliphatic heterocycles. The average molecular weight is 679 g/mol. The number of anilines is 2. The third-order valence-electron chi connectivity index (χ3n) is 8.38. The van der Waals surface area contributed by atoms with Crippen LogP contribution in [0.25, 0.3) is 0 Å². The summed E-state index contributed by atoms with van der Waals surface area (Å²) >= 11 is 1.39. The zero-order valence-electron chi connectivity index (χ0n) is 27.4. The third-order valence-corrected chi connectivity index (χ3v) is 9.61. The van der Waals surface area contributed by atoms with Gasteiger partial charge < -0.3 is 19.7 Å². The molecule has 1 unspecified atom stereocenters. The molecule has 2 aliphatic rings. The second-order valence-corrected chi connectivity index (χ2v) is 12.8. The van der Waals surface area contributed by atoms with Crippen LogP contribution in [0.3, 0.4) is 0 Å². The van der Waals surface area contributed by atoms with E-state index >= 15 is 0 Å². The van der Waals surface area contributed by atoms with E-state index in [1.54, 1.807) is 30.2 Å². The second-order valence-electron chi connectivity index (χ2n) is 11.7. The lowest BCUT2D eigenvalue weighted by atomic mass is 10.1. The van der Waals surface area contributed by atoms with Crippen molar-refractivity contribution in [3.05, 3.63) is 120 Å². The number of rotatable bonds is 10. The Morgan fingerprint density at radius 3 is 2.41 bits per heavy atom. The minimum atomic E-state index is -0.781. The van der Waals surface area contributed by atoms with Crippen LogP contribution in [0, 0.1) is 0 Å². The molecule has 2 fully saturated rings. The molecule has 1 N–H and O–H groups in total. The van der Waals surface area contributed by atoms with E-state index in [2.05, 4.69) is 15.2 Å². The molecule has 2 atom stereocenters. The third kappa shape index (κ3) is 8.45. The first kappa shape index (κ1) is 33.7. The Balaban J connectivity index is 1.12. The average Bonchev–Trinajstić information content (AvgIpc) is 3.45. The van der Waals surface area contributed by atoms with Gasteiger partial charge in [-0.15, -0.1) is 0 Å². The lowest BCUT2D eigenvalue weighted by Crippen LogP contribution is -2.43. The van der Waals surface area contributed by atoms with Crippen LogP contribution in [0.4, 0.5) is 21.9 Å². The lowest BCUT2D eigenvalue weighted by molar-refractivity contribution is -0.126. The number of amidine groups is 1. The zero-order valence-corrected chi connectivity index (χ0v) is 28.2. The SMILES string of the molecule is C[C@H](C(=O)Nc1ccc(C2SC(=Nc3ccc(N4CCOCC4)cc3)N(Cc3ccccn3)C2=O)cc1)N(C)C(=O)OCc1ccccc1. The Labute approximate surface area is 289 Å². The first-order valence-corrected chi connectivity index (χ1v) is 17.0. The van der Waals surface area contributed by atoms with Crippen LogP contribution in [0.2, 0.25) is 0 Å². The molecule has 3 amide bonds. The summed E-state index contributed by atoms with van der Waals surface area (Å²) in [6.45, 7) is 5.16. The summed E-state index contributed by atoms with van der Waals surface area (Å²) in [5.74, 6) is -0.464. The number of hydrogen-bond donors (Lipinski definition) is 1. The maximum atomic E-state index is 13.9. The van der Waals surface area contributed by atoms with Crippen molar-refractivity contribution in [1.29, 1.82) is 0 Å². The van der Waals surface area contributed by atoms with Crippen molar-refractivity contribution in [3.63, 3.8) is 0 Å². The molecule has 0 radical (unpaired) electrons. The Morgan fingerprint density at radius 1 is 1.00 bits per heavy atom. The van der Waals surface area contributed by atoms with E-state index in [0.29, 0.717) is 30.6 Å². The molecule has 11 nitrogen and oxygen atoms in total. The fourth-order valence-electron chi connectivity index (χ4n) is 5.36. The largest absolute Gasteiger partial charge is 0.445 e. The molecule has 3 aromatic carbocycles. The molecule has 2 saturated heterocycles. The molecule has 12 heteroatoms. The summed E-state index contributed by atoms with van der Waals surface area (Å²) in [6, 6.07) is 29.4. The van der Waals surface area contributed by atoms with E-state index in [0.717, 1.165) is 41.3 Å². The Hall–Kier alpha value is -5.20. The number of aliphatic imine (C=N–C) groups is 1. The number of carbonyl (C=O) groups is 3. The summed E-state index contributed by atoms with van der Waals surface area (Å²) in [5.41, 5.74) is 4.80. The van der Waals surface area contributed by atoms with Crippen LogP contribution in [0.15, 0.2) is 108 Å². The Kier molecular flexibility index (Phi) is 10.9. The molecule has 0 saturated carbocycles. The van der Waals surface area contributed by atoms with E-state index in [1.165, 1.54) is 23.7 Å². The summed E-state index contributed by atoms with van der Waals surface area (Å²) in [4.78, 5) is 54.0. The highest BCUT2D eigenvalue weighted by Crippen LogP contribution is 2.41. The predicted octanol–water partition coefficient (Wildman–Crippen LogP) is 6.02. The summed E-state index contributed by atoms with van der Waals surface area (Å²) in [6.07, 6.45) is 1.11. The fourth-order valence-corrected chi connectivity index (χ4v) is 6.54. The summed E-state index contributed by atoms with van der Waals surface area (Å²) < 4.78 is 10.8. The monoisotopic (exact) mass is 678 g/mol. The molecule has 4 aromatic rings. The normalized spacial score (nSPS) is 17.6. The van der Waals surface area contributed by atoms with E-state index in [4.69, 9.17) is 14.5 Å². The fraction of sp³-hybridized carbons (Fsp3) is 0.270. The van der Waals surface area contributed by atoms with E-state index in [9.17, 15) is 14.4 Å². The number of amides is 3. The highest BCUT2D eigenvalue weighted by atomic mass is 32.2. The second kappa shape index (κ2) is 15.8. The zero-order chi connectivity index (χ0) is 34.2. The molecule has 252 valence electrons. The van der Waals surface area contributed by atoms with Crippen molar-refractivity contribution >= 4 is 51.9 Å². The predicted molar refractivity (Wildman–Crippen MR) is 191 cm³/mol. The Morgan fingerprint density at radius 2 is 1.71 bits per heavy atom. The molecule has 6 rings (SSSR count). The number of aromatic nitrogens is 1. The van der Waals surface area contributed by atoms with Gasteiger partial charge in [0.15, 0.2) is 5.17 Å². The van der Waals surface area contributed by atoms with Gasteiger partial charge >= 0.3 is 6.09 Å². The molecular formula is C37H38N6O5S. The minimum Gasteiger partial charge on any atom is -0.445 e. The van der Waals surface area contributed by atoms with Gasteiger partial charge in [0, 0.05) is 37.7 Å². The van der Waals surface area contributed by atoms with Gasteiger partial charge in [-0.3, -0.25) is 24.4 Å².